The van der Waals surface area contributed by atoms with Crippen LogP contribution in [0.1, 0.15) is 81.1 Å². The highest BCUT2D eigenvalue weighted by Gasteiger charge is 2.75. The number of unbranched alkanes of at least 4 members (excludes halogenated alkanes) is 3. The number of hydrogen-bond donors (Lipinski definition) is 2. The molecule has 0 saturated carbocycles. The van der Waals surface area contributed by atoms with Crippen molar-refractivity contribution < 1.29 is 33.8 Å². The third kappa shape index (κ3) is 7.67. The van der Waals surface area contributed by atoms with Gasteiger partial charge in [-0.05, 0) is 69.6 Å². The molecular weight excluding hydrogens is 646 g/mol. The highest BCUT2D eigenvalue weighted by Crippen LogP contribution is 2.59. The first kappa shape index (κ1) is 38.0. The van der Waals surface area contributed by atoms with Gasteiger partial charge in [-0.25, -0.2) is 0 Å². The molecule has 51 heavy (non-hydrogen) atoms. The molecule has 3 aliphatic heterocycles. The maximum atomic E-state index is 15.0. The average Bonchev–Trinajstić information content (AvgIpc) is 3.76. The molecule has 5 rings (SSSR count). The summed E-state index contributed by atoms with van der Waals surface area (Å²) in [6, 6.07) is 13.6. The van der Waals surface area contributed by atoms with Gasteiger partial charge in [-0.3, -0.25) is 19.2 Å². The van der Waals surface area contributed by atoms with Crippen molar-refractivity contribution >= 4 is 29.4 Å². The van der Waals surface area contributed by atoms with E-state index in [1.807, 2.05) is 62.4 Å². The number of allylic oxidation sites excluding steroid dienone is 1. The van der Waals surface area contributed by atoms with Gasteiger partial charge in [0.15, 0.2) is 0 Å². The molecule has 2 N–H and O–H groups in total. The van der Waals surface area contributed by atoms with Crippen LogP contribution in [0, 0.1) is 25.7 Å². The average molecular weight is 700 g/mol. The minimum absolute atomic E-state index is 0.0986. The summed E-state index contributed by atoms with van der Waals surface area (Å²) in [5.41, 5.74) is 2.14. The number of aryl methyl sites for hydroxylation is 2. The number of amides is 3. The highest BCUT2D eigenvalue weighted by molar-refractivity contribution is 6.05. The number of carbonyl (C=O) groups excluding carboxylic acids is 4. The second-order valence-electron chi connectivity index (χ2n) is 14.2. The first-order valence-corrected chi connectivity index (χ1v) is 18.3. The van der Waals surface area contributed by atoms with Crippen molar-refractivity contribution in [3.63, 3.8) is 0 Å². The largest absolute Gasteiger partial charge is 0.455 e. The smallest absolute Gasteiger partial charge is 0.313 e. The van der Waals surface area contributed by atoms with E-state index in [2.05, 4.69) is 18.5 Å². The van der Waals surface area contributed by atoms with E-state index in [9.17, 15) is 24.3 Å². The Balaban J connectivity index is 1.48. The second-order valence-corrected chi connectivity index (χ2v) is 14.2. The molecule has 10 nitrogen and oxygen atoms in total. The van der Waals surface area contributed by atoms with E-state index in [0.717, 1.165) is 29.7 Å². The standard InChI is InChI=1S/C41H53N3O7/c1-6-8-21-32(46)42-29(5)36(30-19-12-11-13-20-30)50-40(49)33-31-22-23-41(51-31)34(33)38(47)44(25-14-9-10-15-26-45)37(41)39(48)43(24-7-2)35-27(3)17-16-18-28(35)4/h6-7,11-13,16-20,29,31,33-34,36-37,45H,1-2,8-10,14-15,21-26H2,3-5H3,(H,42,46)/t29-,31-,33+,34+,36-,37-,41+/m1/s1. The molecule has 2 aromatic carbocycles. The normalized spacial score (nSPS) is 24.5. The molecule has 274 valence electrons. The zero-order valence-electron chi connectivity index (χ0n) is 30.2. The summed E-state index contributed by atoms with van der Waals surface area (Å²) in [6.45, 7) is 14.0. The Morgan fingerprint density at radius 1 is 1.06 bits per heavy atom. The van der Waals surface area contributed by atoms with Crippen molar-refractivity contribution in [1.82, 2.24) is 10.2 Å². The fourth-order valence-electron chi connectivity index (χ4n) is 8.43. The number of para-hydroxylation sites is 1. The van der Waals surface area contributed by atoms with Gasteiger partial charge in [-0.1, -0.05) is 73.5 Å². The van der Waals surface area contributed by atoms with E-state index in [1.54, 1.807) is 28.9 Å². The van der Waals surface area contributed by atoms with Gasteiger partial charge < -0.3 is 29.7 Å². The van der Waals surface area contributed by atoms with E-state index >= 15 is 0 Å². The number of likely N-dealkylation sites (tertiary alicyclic amines) is 1. The third-order valence-electron chi connectivity index (χ3n) is 10.7. The summed E-state index contributed by atoms with van der Waals surface area (Å²) < 4.78 is 13.0. The molecule has 2 bridgehead atoms. The Morgan fingerprint density at radius 3 is 2.43 bits per heavy atom. The number of carbonyl (C=O) groups is 4. The molecule has 0 radical (unpaired) electrons. The fraction of sp³-hybridized carbons (Fsp3) is 0.512. The molecule has 3 heterocycles. The van der Waals surface area contributed by atoms with Gasteiger partial charge in [0, 0.05) is 31.8 Å². The Labute approximate surface area is 301 Å². The quantitative estimate of drug-likeness (QED) is 0.120. The molecule has 1 spiro atoms. The maximum absolute atomic E-state index is 15.0. The zero-order valence-corrected chi connectivity index (χ0v) is 30.2. The van der Waals surface area contributed by atoms with Crippen molar-refractivity contribution in [3.8, 4) is 0 Å². The lowest BCUT2D eigenvalue weighted by Gasteiger charge is -2.37. The Hall–Kier alpha value is -4.28. The van der Waals surface area contributed by atoms with E-state index in [4.69, 9.17) is 9.47 Å². The van der Waals surface area contributed by atoms with Gasteiger partial charge in [0.05, 0.1) is 24.0 Å². The molecule has 3 aliphatic rings. The molecule has 3 amide bonds. The predicted molar refractivity (Wildman–Crippen MR) is 196 cm³/mol. The van der Waals surface area contributed by atoms with Crippen LogP contribution in [0.3, 0.4) is 0 Å². The van der Waals surface area contributed by atoms with Crippen molar-refractivity contribution in [3.05, 3.63) is 90.5 Å². The second kappa shape index (κ2) is 16.8. The van der Waals surface area contributed by atoms with E-state index < -0.39 is 47.7 Å². The van der Waals surface area contributed by atoms with Crippen LogP contribution < -0.4 is 10.2 Å². The first-order valence-electron chi connectivity index (χ1n) is 18.3. The molecule has 3 fully saturated rings. The minimum atomic E-state index is -1.20. The number of ether oxygens (including phenoxy) is 2. The lowest BCUT2D eigenvalue weighted by Crippen LogP contribution is -2.56. The number of anilines is 1. The predicted octanol–water partition coefficient (Wildman–Crippen LogP) is 5.51. The van der Waals surface area contributed by atoms with Crippen LogP contribution >= 0.6 is 0 Å². The van der Waals surface area contributed by atoms with Gasteiger partial charge in [0.25, 0.3) is 5.91 Å². The molecule has 0 aromatic heterocycles. The number of nitrogens with zero attached hydrogens (tertiary/aromatic N) is 2. The summed E-state index contributed by atoms with van der Waals surface area (Å²) in [6.07, 6.45) is 6.59. The van der Waals surface area contributed by atoms with Gasteiger partial charge in [-0.2, -0.15) is 0 Å². The van der Waals surface area contributed by atoms with E-state index in [1.165, 1.54) is 0 Å². The summed E-state index contributed by atoms with van der Waals surface area (Å²) >= 11 is 0. The monoisotopic (exact) mass is 699 g/mol. The molecule has 0 unspecified atom stereocenters. The van der Waals surface area contributed by atoms with Crippen molar-refractivity contribution in [2.75, 3.05) is 24.6 Å². The van der Waals surface area contributed by atoms with Gasteiger partial charge in [0.1, 0.15) is 17.7 Å². The summed E-state index contributed by atoms with van der Waals surface area (Å²) in [4.78, 5) is 60.1. The van der Waals surface area contributed by atoms with Crippen LogP contribution in [-0.4, -0.2) is 77.2 Å². The van der Waals surface area contributed by atoms with Crippen LogP contribution in [0.4, 0.5) is 5.69 Å². The van der Waals surface area contributed by atoms with E-state index in [0.29, 0.717) is 44.2 Å². The van der Waals surface area contributed by atoms with Crippen LogP contribution in [0.15, 0.2) is 73.8 Å². The van der Waals surface area contributed by atoms with E-state index in [-0.39, 0.29) is 37.3 Å². The van der Waals surface area contributed by atoms with Crippen LogP contribution in [-0.2, 0) is 28.7 Å². The third-order valence-corrected chi connectivity index (χ3v) is 10.7. The molecule has 0 aliphatic carbocycles. The molecule has 7 atom stereocenters. The lowest BCUT2D eigenvalue weighted by molar-refractivity contribution is -0.162. The molecule has 3 saturated heterocycles. The van der Waals surface area contributed by atoms with Gasteiger partial charge >= 0.3 is 5.97 Å². The summed E-state index contributed by atoms with van der Waals surface area (Å²) in [5, 5.41) is 12.3. The van der Waals surface area contributed by atoms with Crippen molar-refractivity contribution in [1.29, 1.82) is 0 Å². The summed E-state index contributed by atoms with van der Waals surface area (Å²) in [7, 11) is 0. The number of benzene rings is 2. The number of fused-ring (bicyclic) bond motifs is 1. The number of hydrogen-bond acceptors (Lipinski definition) is 7. The highest BCUT2D eigenvalue weighted by atomic mass is 16.6. The molecular formula is C41H53N3O7. The first-order chi connectivity index (χ1) is 24.6. The topological polar surface area (TPSA) is 125 Å². The minimum Gasteiger partial charge on any atom is -0.455 e. The number of aliphatic hydroxyl groups excluding tert-OH is 1. The summed E-state index contributed by atoms with van der Waals surface area (Å²) in [5.74, 6) is -3.10. The fourth-order valence-corrected chi connectivity index (χ4v) is 8.43. The van der Waals surface area contributed by atoms with Crippen LogP contribution in [0.5, 0.6) is 0 Å². The van der Waals surface area contributed by atoms with Crippen molar-refractivity contribution in [2.24, 2.45) is 11.8 Å². The SMILES string of the molecule is C=CCCC(=O)N[C@H](C)[C@@H](OC(=O)[C@@H]1[C@H]2C(=O)N(CCCCCCO)[C@H](C(=O)N(CC=C)c3c(C)cccc3C)[C@]23CC[C@H]1O3)c1ccccc1. The number of nitrogens with one attached hydrogen (secondary N) is 1. The van der Waals surface area contributed by atoms with Gasteiger partial charge in [0.2, 0.25) is 11.8 Å². The number of aliphatic hydroxyl groups is 1. The molecule has 2 aromatic rings. The Bertz CT molecular complexity index is 1570. The van der Waals surface area contributed by atoms with Crippen LogP contribution in [0.2, 0.25) is 0 Å². The zero-order chi connectivity index (χ0) is 36.7. The van der Waals surface area contributed by atoms with Crippen molar-refractivity contribution in [2.45, 2.75) is 102 Å². The number of esters is 1. The lowest BCUT2D eigenvalue weighted by atomic mass is 9.70. The number of rotatable bonds is 18. The Morgan fingerprint density at radius 2 is 1.76 bits per heavy atom. The Kier molecular flexibility index (Phi) is 12.5. The van der Waals surface area contributed by atoms with Gasteiger partial charge in [-0.15, -0.1) is 13.2 Å². The maximum Gasteiger partial charge on any atom is 0.313 e. The molecule has 10 heteroatoms. The van der Waals surface area contributed by atoms with Crippen LogP contribution in [0.25, 0.3) is 0 Å².